The molecular weight excluding hydrogens is 537 g/mol. The Morgan fingerprint density at radius 3 is 2.67 bits per heavy atom. The molecule has 3 aliphatic carbocycles. The lowest BCUT2D eigenvalue weighted by atomic mass is 9.82. The molecule has 2 fully saturated rings. The summed E-state index contributed by atoms with van der Waals surface area (Å²) in [5, 5.41) is 7.67. The predicted octanol–water partition coefficient (Wildman–Crippen LogP) is 3.36. The van der Waals surface area contributed by atoms with Crippen molar-refractivity contribution in [2.24, 2.45) is 5.92 Å². The van der Waals surface area contributed by atoms with Gasteiger partial charge in [-0.1, -0.05) is 18.9 Å². The number of aromatic nitrogens is 2. The lowest BCUT2D eigenvalue weighted by molar-refractivity contribution is -0.153. The van der Waals surface area contributed by atoms with E-state index in [4.69, 9.17) is 4.74 Å². The van der Waals surface area contributed by atoms with Gasteiger partial charge in [-0.25, -0.2) is 13.1 Å². The summed E-state index contributed by atoms with van der Waals surface area (Å²) in [6, 6.07) is 4.68. The van der Waals surface area contributed by atoms with Crippen molar-refractivity contribution in [3.8, 4) is 5.75 Å². The van der Waals surface area contributed by atoms with Crippen LogP contribution in [-0.4, -0.2) is 47.5 Å². The van der Waals surface area contributed by atoms with E-state index in [1.165, 1.54) is 10.7 Å². The molecule has 2 heterocycles. The lowest BCUT2D eigenvalue weighted by Gasteiger charge is -2.35. The summed E-state index contributed by atoms with van der Waals surface area (Å²) in [5.74, 6) is -0.775. The molecule has 4 aliphatic rings. The van der Waals surface area contributed by atoms with Crippen LogP contribution in [0.3, 0.4) is 0 Å². The molecule has 2 amide bonds. The lowest BCUT2D eigenvalue weighted by Crippen LogP contribution is -2.50. The molecule has 2 aromatic rings. The van der Waals surface area contributed by atoms with E-state index in [1.807, 2.05) is 0 Å². The Kier molecular flexibility index (Phi) is 5.84. The minimum atomic E-state index is -4.45. The van der Waals surface area contributed by atoms with E-state index in [0.29, 0.717) is 43.8 Å². The number of carbonyl (C=O) groups excluding carboxylic acids is 2. The average molecular weight is 567 g/mol. The molecule has 39 heavy (non-hydrogen) atoms. The molecule has 0 radical (unpaired) electrons. The van der Waals surface area contributed by atoms with Gasteiger partial charge in [-0.05, 0) is 68.2 Å². The average Bonchev–Trinajstić information content (AvgIpc) is 3.76. The molecule has 210 valence electrons. The maximum Gasteiger partial charge on any atom is 0.422 e. The molecule has 13 heteroatoms. The standard InChI is InChI=1S/C26H29F3N4O5S/c1-24(9-10-24)39(36,37)32-23(35)21-20-19(31-33(21)11-7-15-2-3-15)13-25(30-22(20)34)8-6-16-12-17(4-5-18(16)25)38-14-26(27,28)29/h4-5,12,15H,2-3,6-11,13-14H2,1H3,(H,30,34)(H,32,35)/t25-/m0/s1. The maximum absolute atomic E-state index is 13.6. The number of sulfonamides is 1. The Labute approximate surface area is 223 Å². The van der Waals surface area contributed by atoms with E-state index < -0.39 is 44.9 Å². The summed E-state index contributed by atoms with van der Waals surface area (Å²) in [6.45, 7) is 0.569. The van der Waals surface area contributed by atoms with Gasteiger partial charge in [0, 0.05) is 13.0 Å². The highest BCUT2D eigenvalue weighted by Crippen LogP contribution is 2.45. The molecule has 2 N–H and O–H groups in total. The van der Waals surface area contributed by atoms with E-state index in [0.717, 1.165) is 30.4 Å². The number of nitrogens with one attached hydrogen (secondary N) is 2. The van der Waals surface area contributed by atoms with Crippen LogP contribution in [0, 0.1) is 5.92 Å². The second-order valence-electron chi connectivity index (χ2n) is 11.4. The minimum absolute atomic E-state index is 0.0556. The molecule has 1 spiro atoms. The van der Waals surface area contributed by atoms with Gasteiger partial charge in [0.2, 0.25) is 10.0 Å². The maximum atomic E-state index is 13.6. The fourth-order valence-corrected chi connectivity index (χ4v) is 6.85. The van der Waals surface area contributed by atoms with Gasteiger partial charge < -0.3 is 10.1 Å². The van der Waals surface area contributed by atoms with Crippen molar-refractivity contribution in [2.45, 2.75) is 81.3 Å². The van der Waals surface area contributed by atoms with Crippen molar-refractivity contribution >= 4 is 21.8 Å². The second-order valence-corrected chi connectivity index (χ2v) is 13.6. The number of ether oxygens (including phenoxy) is 1. The van der Waals surface area contributed by atoms with Gasteiger partial charge in [0.05, 0.1) is 21.5 Å². The molecule has 1 aromatic heterocycles. The van der Waals surface area contributed by atoms with Crippen LogP contribution in [-0.2, 0) is 34.9 Å². The fourth-order valence-electron chi connectivity index (χ4n) is 5.62. The first-order valence-electron chi connectivity index (χ1n) is 13.1. The normalized spacial score (nSPS) is 23.2. The van der Waals surface area contributed by atoms with Crippen molar-refractivity contribution in [1.82, 2.24) is 19.8 Å². The predicted molar refractivity (Wildman–Crippen MR) is 133 cm³/mol. The number of aryl methyl sites for hydroxylation is 2. The van der Waals surface area contributed by atoms with Gasteiger partial charge in [0.1, 0.15) is 11.4 Å². The first-order chi connectivity index (χ1) is 18.3. The van der Waals surface area contributed by atoms with Gasteiger partial charge in [0.15, 0.2) is 6.61 Å². The van der Waals surface area contributed by atoms with E-state index in [-0.39, 0.29) is 23.4 Å². The number of hydrogen-bond acceptors (Lipinski definition) is 6. The molecular formula is C26H29F3N4O5S. The summed E-state index contributed by atoms with van der Waals surface area (Å²) < 4.78 is 70.9. The van der Waals surface area contributed by atoms with Gasteiger partial charge in [-0.2, -0.15) is 18.3 Å². The van der Waals surface area contributed by atoms with Crippen LogP contribution >= 0.6 is 0 Å². The Morgan fingerprint density at radius 1 is 1.26 bits per heavy atom. The Morgan fingerprint density at radius 2 is 2.00 bits per heavy atom. The van der Waals surface area contributed by atoms with Crippen molar-refractivity contribution in [3.63, 3.8) is 0 Å². The van der Waals surface area contributed by atoms with Crippen LogP contribution in [0.5, 0.6) is 5.75 Å². The number of nitrogens with zero attached hydrogens (tertiary/aromatic N) is 2. The van der Waals surface area contributed by atoms with Gasteiger partial charge in [-0.3, -0.25) is 14.3 Å². The highest BCUT2D eigenvalue weighted by atomic mass is 32.2. The van der Waals surface area contributed by atoms with Crippen molar-refractivity contribution in [1.29, 1.82) is 0 Å². The van der Waals surface area contributed by atoms with Crippen LogP contribution in [0.4, 0.5) is 13.2 Å². The smallest absolute Gasteiger partial charge is 0.422 e. The molecule has 1 aliphatic heterocycles. The number of halogens is 3. The zero-order valence-electron chi connectivity index (χ0n) is 21.4. The minimum Gasteiger partial charge on any atom is -0.484 e. The highest BCUT2D eigenvalue weighted by Gasteiger charge is 2.52. The SMILES string of the molecule is CC1(S(=O)(=O)NC(=O)c2c3c(nn2CCC2CC2)C[C@]2(CCc4cc(OCC(F)(F)F)ccc42)NC3=O)CC1. The number of rotatable bonds is 8. The third-order valence-corrected chi connectivity index (χ3v) is 10.5. The third-order valence-electron chi connectivity index (χ3n) is 8.38. The van der Waals surface area contributed by atoms with Crippen LogP contribution < -0.4 is 14.8 Å². The molecule has 9 nitrogen and oxygen atoms in total. The van der Waals surface area contributed by atoms with E-state index in [9.17, 15) is 31.2 Å². The largest absolute Gasteiger partial charge is 0.484 e. The van der Waals surface area contributed by atoms with E-state index in [2.05, 4.69) is 15.1 Å². The van der Waals surface area contributed by atoms with Crippen LogP contribution in [0.1, 0.15) is 83.1 Å². The van der Waals surface area contributed by atoms with E-state index in [1.54, 1.807) is 19.1 Å². The summed E-state index contributed by atoms with van der Waals surface area (Å²) in [5.41, 5.74) is 1.12. The number of alkyl halides is 3. The van der Waals surface area contributed by atoms with Crippen molar-refractivity contribution in [2.75, 3.05) is 6.61 Å². The van der Waals surface area contributed by atoms with Gasteiger partial charge in [0.25, 0.3) is 11.8 Å². The number of fused-ring (bicyclic) bond motifs is 3. The zero-order valence-corrected chi connectivity index (χ0v) is 22.2. The number of carbonyl (C=O) groups is 2. The van der Waals surface area contributed by atoms with Crippen molar-refractivity contribution in [3.05, 3.63) is 46.3 Å². The molecule has 1 aromatic carbocycles. The van der Waals surface area contributed by atoms with E-state index >= 15 is 0 Å². The Bertz CT molecular complexity index is 1480. The Balaban J connectivity index is 1.31. The third kappa shape index (κ3) is 4.78. The molecule has 1 atom stereocenters. The van der Waals surface area contributed by atoms with Gasteiger partial charge >= 0.3 is 6.18 Å². The highest BCUT2D eigenvalue weighted by molar-refractivity contribution is 7.91. The molecule has 0 bridgehead atoms. The summed E-state index contributed by atoms with van der Waals surface area (Å²) in [7, 11) is -3.93. The summed E-state index contributed by atoms with van der Waals surface area (Å²) in [4.78, 5) is 26.9. The number of hydrogen-bond donors (Lipinski definition) is 2. The summed E-state index contributed by atoms with van der Waals surface area (Å²) in [6.07, 6.45) is 0.688. The molecule has 0 unspecified atom stereocenters. The van der Waals surface area contributed by atoms with Crippen LogP contribution in [0.15, 0.2) is 18.2 Å². The Hall–Kier alpha value is -3.09. The number of benzene rings is 1. The first kappa shape index (κ1) is 26.1. The monoisotopic (exact) mass is 566 g/mol. The topological polar surface area (TPSA) is 119 Å². The van der Waals surface area contributed by atoms with Gasteiger partial charge in [-0.15, -0.1) is 0 Å². The van der Waals surface area contributed by atoms with Crippen LogP contribution in [0.25, 0.3) is 0 Å². The first-order valence-corrected chi connectivity index (χ1v) is 14.6. The fraction of sp³-hybridized carbons (Fsp3) is 0.577. The quantitative estimate of drug-likeness (QED) is 0.506. The molecule has 2 saturated carbocycles. The number of amides is 2. The molecule has 6 rings (SSSR count). The van der Waals surface area contributed by atoms with Crippen molar-refractivity contribution < 1.29 is 35.9 Å². The summed E-state index contributed by atoms with van der Waals surface area (Å²) >= 11 is 0. The molecule has 0 saturated heterocycles. The zero-order chi connectivity index (χ0) is 27.8. The van der Waals surface area contributed by atoms with Crippen LogP contribution in [0.2, 0.25) is 0 Å². The second kappa shape index (κ2) is 8.70.